The monoisotopic (exact) mass is 628 g/mol. The molecule has 4 aromatic rings. The highest BCUT2D eigenvalue weighted by molar-refractivity contribution is 9.10. The number of ether oxygens (including phenoxy) is 3. The number of nitrogens with one attached hydrogen (secondary N) is 1. The van der Waals surface area contributed by atoms with E-state index in [-0.39, 0.29) is 19.1 Å². The molecule has 5 rings (SSSR count). The standard InChI is InChI=1S/C34H33BrN2O5/c1-40-30-15-8-6-13-27(30)23-36-33(39)34(22-26-12-5-7-14-29(26)35)31(24-10-3-2-4-11-24)42-32(37-34)25-16-18-28(19-17-25)41-21-9-20-38/h2-8,10-19,31,38H,9,20-23H2,1H3,(H,36,39)/t31-,34-/m1/s1. The van der Waals surface area contributed by atoms with Gasteiger partial charge in [-0.15, -0.1) is 0 Å². The molecular formula is C34H33BrN2O5. The first-order valence-electron chi connectivity index (χ1n) is 13.8. The normalized spacial score (nSPS) is 17.7. The van der Waals surface area contributed by atoms with Crippen LogP contribution in [0.15, 0.2) is 113 Å². The van der Waals surface area contributed by atoms with Crippen LogP contribution in [0.3, 0.4) is 0 Å². The van der Waals surface area contributed by atoms with Crippen molar-refractivity contribution in [1.29, 1.82) is 0 Å². The number of hydrogen-bond donors (Lipinski definition) is 2. The van der Waals surface area contributed by atoms with Gasteiger partial charge in [-0.2, -0.15) is 0 Å². The minimum atomic E-state index is -1.31. The Morgan fingerprint density at radius 1 is 0.952 bits per heavy atom. The van der Waals surface area contributed by atoms with E-state index >= 15 is 0 Å². The van der Waals surface area contributed by atoms with Gasteiger partial charge >= 0.3 is 0 Å². The molecule has 2 atom stereocenters. The summed E-state index contributed by atoms with van der Waals surface area (Å²) in [6.45, 7) is 0.764. The van der Waals surface area contributed by atoms with Crippen LogP contribution in [0.4, 0.5) is 0 Å². The van der Waals surface area contributed by atoms with Crippen LogP contribution in [-0.2, 0) is 22.5 Å². The molecule has 4 aromatic carbocycles. The van der Waals surface area contributed by atoms with Gasteiger partial charge in [0.1, 0.15) is 11.5 Å². The molecule has 0 unspecified atom stereocenters. The van der Waals surface area contributed by atoms with E-state index in [0.717, 1.165) is 26.7 Å². The highest BCUT2D eigenvalue weighted by Crippen LogP contribution is 2.43. The van der Waals surface area contributed by atoms with Crippen molar-refractivity contribution < 1.29 is 24.1 Å². The van der Waals surface area contributed by atoms with Gasteiger partial charge in [-0.1, -0.05) is 82.7 Å². The largest absolute Gasteiger partial charge is 0.496 e. The van der Waals surface area contributed by atoms with Crippen LogP contribution in [0.25, 0.3) is 0 Å². The van der Waals surface area contributed by atoms with Crippen molar-refractivity contribution in [2.75, 3.05) is 20.3 Å². The third kappa shape index (κ3) is 6.50. The number of methoxy groups -OCH3 is 1. The molecule has 0 fully saturated rings. The molecule has 0 bridgehead atoms. The molecule has 0 saturated carbocycles. The summed E-state index contributed by atoms with van der Waals surface area (Å²) in [7, 11) is 1.62. The Bertz CT molecular complexity index is 1530. The van der Waals surface area contributed by atoms with Gasteiger partial charge in [0.2, 0.25) is 5.90 Å². The maximum absolute atomic E-state index is 14.4. The summed E-state index contributed by atoms with van der Waals surface area (Å²) in [5.74, 6) is 1.51. The minimum absolute atomic E-state index is 0.0718. The molecule has 8 heteroatoms. The third-order valence-electron chi connectivity index (χ3n) is 7.18. The van der Waals surface area contributed by atoms with Crippen LogP contribution in [-0.4, -0.2) is 42.8 Å². The lowest BCUT2D eigenvalue weighted by molar-refractivity contribution is -0.129. The quantitative estimate of drug-likeness (QED) is 0.187. The Morgan fingerprint density at radius 3 is 2.36 bits per heavy atom. The maximum atomic E-state index is 14.4. The van der Waals surface area contributed by atoms with Gasteiger partial charge < -0.3 is 24.6 Å². The van der Waals surface area contributed by atoms with Crippen molar-refractivity contribution in [3.8, 4) is 11.5 Å². The van der Waals surface area contributed by atoms with E-state index in [1.807, 2.05) is 103 Å². The van der Waals surface area contributed by atoms with Crippen LogP contribution < -0.4 is 14.8 Å². The van der Waals surface area contributed by atoms with Gasteiger partial charge in [-0.25, -0.2) is 4.99 Å². The Balaban J connectivity index is 1.55. The number of aliphatic hydroxyl groups is 1. The minimum Gasteiger partial charge on any atom is -0.496 e. The van der Waals surface area contributed by atoms with E-state index < -0.39 is 11.6 Å². The second-order valence-corrected chi connectivity index (χ2v) is 10.8. The highest BCUT2D eigenvalue weighted by Gasteiger charge is 2.53. The fourth-order valence-electron chi connectivity index (χ4n) is 5.02. The van der Waals surface area contributed by atoms with Gasteiger partial charge in [0, 0.05) is 41.6 Å². The lowest BCUT2D eigenvalue weighted by Gasteiger charge is -2.31. The summed E-state index contributed by atoms with van der Waals surface area (Å²) in [5.41, 5.74) is 2.07. The number of amides is 1. The lowest BCUT2D eigenvalue weighted by Crippen LogP contribution is -2.49. The molecule has 1 heterocycles. The molecule has 216 valence electrons. The van der Waals surface area contributed by atoms with Gasteiger partial charge in [-0.05, 0) is 47.5 Å². The smallest absolute Gasteiger partial charge is 0.252 e. The Morgan fingerprint density at radius 2 is 1.64 bits per heavy atom. The number of aliphatic imine (C=N–C) groups is 1. The summed E-state index contributed by atoms with van der Waals surface area (Å²) in [6.07, 6.45) is 0.175. The van der Waals surface area contributed by atoms with Gasteiger partial charge in [0.05, 0.1) is 13.7 Å². The predicted octanol–water partition coefficient (Wildman–Crippen LogP) is 6.03. The maximum Gasteiger partial charge on any atom is 0.252 e. The second kappa shape index (κ2) is 13.7. The van der Waals surface area contributed by atoms with Crippen LogP contribution >= 0.6 is 15.9 Å². The van der Waals surface area contributed by atoms with Crippen molar-refractivity contribution in [1.82, 2.24) is 5.32 Å². The average molecular weight is 630 g/mol. The molecule has 0 aliphatic carbocycles. The van der Waals surface area contributed by atoms with Crippen molar-refractivity contribution in [2.45, 2.75) is 31.0 Å². The summed E-state index contributed by atoms with van der Waals surface area (Å²) < 4.78 is 18.7. The fraction of sp³-hybridized carbons (Fsp3) is 0.235. The fourth-order valence-corrected chi connectivity index (χ4v) is 5.44. The molecule has 0 saturated heterocycles. The third-order valence-corrected chi connectivity index (χ3v) is 7.96. The molecule has 1 amide bonds. The van der Waals surface area contributed by atoms with Crippen molar-refractivity contribution in [2.24, 2.45) is 4.99 Å². The molecule has 1 aliphatic heterocycles. The van der Waals surface area contributed by atoms with Crippen molar-refractivity contribution >= 4 is 27.7 Å². The number of aliphatic hydroxyl groups excluding tert-OH is 1. The zero-order valence-corrected chi connectivity index (χ0v) is 24.9. The first-order chi connectivity index (χ1) is 20.5. The molecule has 0 aromatic heterocycles. The first-order valence-corrected chi connectivity index (χ1v) is 14.6. The predicted molar refractivity (Wildman–Crippen MR) is 166 cm³/mol. The van der Waals surface area contributed by atoms with E-state index in [4.69, 9.17) is 24.3 Å². The van der Waals surface area contributed by atoms with E-state index in [1.165, 1.54) is 0 Å². The number of hydrogen-bond acceptors (Lipinski definition) is 6. The molecule has 1 aliphatic rings. The summed E-state index contributed by atoms with van der Waals surface area (Å²) >= 11 is 3.67. The first kappa shape index (κ1) is 29.4. The summed E-state index contributed by atoms with van der Waals surface area (Å²) in [6, 6.07) is 32.6. The van der Waals surface area contributed by atoms with E-state index in [0.29, 0.717) is 36.8 Å². The number of halogens is 1. The SMILES string of the molecule is COc1ccccc1CNC(=O)[C@]1(Cc2ccccc2Br)N=C(c2ccc(OCCCO)cc2)O[C@@H]1c1ccccc1. The number of carbonyl (C=O) groups is 1. The van der Waals surface area contributed by atoms with Crippen molar-refractivity contribution in [3.05, 3.63) is 130 Å². The Labute approximate surface area is 254 Å². The number of rotatable bonds is 12. The van der Waals surface area contributed by atoms with Crippen LogP contribution in [0.2, 0.25) is 0 Å². The lowest BCUT2D eigenvalue weighted by atomic mass is 9.82. The molecule has 2 N–H and O–H groups in total. The summed E-state index contributed by atoms with van der Waals surface area (Å²) in [5, 5.41) is 12.2. The zero-order chi connectivity index (χ0) is 29.4. The topological polar surface area (TPSA) is 89.4 Å². The average Bonchev–Trinajstić information content (AvgIpc) is 3.42. The van der Waals surface area contributed by atoms with Crippen molar-refractivity contribution in [3.63, 3.8) is 0 Å². The molecule has 42 heavy (non-hydrogen) atoms. The second-order valence-electron chi connectivity index (χ2n) is 9.96. The van der Waals surface area contributed by atoms with Gasteiger partial charge in [-0.3, -0.25) is 4.79 Å². The zero-order valence-electron chi connectivity index (χ0n) is 23.3. The summed E-state index contributed by atoms with van der Waals surface area (Å²) in [4.78, 5) is 19.5. The van der Waals surface area contributed by atoms with E-state index in [2.05, 4.69) is 21.2 Å². The van der Waals surface area contributed by atoms with Gasteiger partial charge in [0.15, 0.2) is 11.6 Å². The molecule has 7 nitrogen and oxygen atoms in total. The number of benzene rings is 4. The highest BCUT2D eigenvalue weighted by atomic mass is 79.9. The van der Waals surface area contributed by atoms with Gasteiger partial charge in [0.25, 0.3) is 5.91 Å². The molecule has 0 spiro atoms. The number of nitrogens with zero attached hydrogens (tertiary/aromatic N) is 1. The van der Waals surface area contributed by atoms with Crippen LogP contribution in [0.5, 0.6) is 11.5 Å². The van der Waals surface area contributed by atoms with Crippen LogP contribution in [0.1, 0.15) is 34.8 Å². The molecule has 0 radical (unpaired) electrons. The number of para-hydroxylation sites is 1. The van der Waals surface area contributed by atoms with Crippen LogP contribution in [0, 0.1) is 0 Å². The van der Waals surface area contributed by atoms with E-state index in [9.17, 15) is 4.79 Å². The molecular weight excluding hydrogens is 596 g/mol. The Kier molecular flexibility index (Phi) is 9.56. The number of carbonyl (C=O) groups excluding carboxylic acids is 1. The van der Waals surface area contributed by atoms with E-state index in [1.54, 1.807) is 7.11 Å². The Hall–Kier alpha value is -4.14.